The summed E-state index contributed by atoms with van der Waals surface area (Å²) in [5, 5.41) is 0. The van der Waals surface area contributed by atoms with Gasteiger partial charge >= 0.3 is 0 Å². The minimum Gasteiger partial charge on any atom is -0.336 e. The zero-order valence-electron chi connectivity index (χ0n) is 10.4. The van der Waals surface area contributed by atoms with Crippen molar-refractivity contribution in [3.05, 3.63) is 21.4 Å². The van der Waals surface area contributed by atoms with Gasteiger partial charge in [0.15, 0.2) is 0 Å². The number of nitrogens with two attached hydrogens (primary N) is 1. The Balaban J connectivity index is 2.15. The molecule has 0 atom stereocenters. The number of thioether (sulfide) groups is 1. The molecule has 0 aromatic carbocycles. The van der Waals surface area contributed by atoms with Gasteiger partial charge in [-0.15, -0.1) is 11.3 Å². The van der Waals surface area contributed by atoms with Crippen LogP contribution in [0.5, 0.6) is 0 Å². The molecule has 5 heteroatoms. The van der Waals surface area contributed by atoms with Crippen molar-refractivity contribution in [2.45, 2.75) is 6.92 Å². The zero-order valence-corrected chi connectivity index (χ0v) is 12.0. The molecule has 0 saturated carbocycles. The Morgan fingerprint density at radius 3 is 2.89 bits per heavy atom. The molecule has 2 rings (SSSR count). The predicted molar refractivity (Wildman–Crippen MR) is 78.2 cm³/mol. The van der Waals surface area contributed by atoms with E-state index in [2.05, 4.69) is 11.8 Å². The van der Waals surface area contributed by atoms with Crippen LogP contribution in [-0.4, -0.2) is 41.9 Å². The van der Waals surface area contributed by atoms with Crippen molar-refractivity contribution in [2.24, 2.45) is 5.73 Å². The van der Waals surface area contributed by atoms with Crippen molar-refractivity contribution >= 4 is 29.0 Å². The maximum atomic E-state index is 12.3. The molecular weight excluding hydrogens is 264 g/mol. The summed E-state index contributed by atoms with van der Waals surface area (Å²) >= 11 is 3.38. The van der Waals surface area contributed by atoms with Gasteiger partial charge in [0.2, 0.25) is 0 Å². The van der Waals surface area contributed by atoms with Crippen molar-refractivity contribution < 1.29 is 4.79 Å². The molecule has 0 aliphatic carbocycles. The first kappa shape index (κ1) is 13.5. The first-order chi connectivity index (χ1) is 8.72. The van der Waals surface area contributed by atoms with E-state index in [4.69, 9.17) is 5.73 Å². The van der Waals surface area contributed by atoms with Crippen LogP contribution < -0.4 is 5.73 Å². The molecule has 96 valence electrons. The van der Waals surface area contributed by atoms with E-state index in [-0.39, 0.29) is 5.91 Å². The minimum atomic E-state index is 0.143. The third kappa shape index (κ3) is 3.08. The van der Waals surface area contributed by atoms with E-state index < -0.39 is 0 Å². The quantitative estimate of drug-likeness (QED) is 0.794. The summed E-state index contributed by atoms with van der Waals surface area (Å²) in [6, 6.07) is 1.94. The Labute approximate surface area is 116 Å². The molecule has 2 N–H and O–H groups in total. The molecule has 1 fully saturated rings. The van der Waals surface area contributed by atoms with Crippen LogP contribution in [-0.2, 0) is 0 Å². The zero-order chi connectivity index (χ0) is 13.0. The minimum absolute atomic E-state index is 0.143. The van der Waals surface area contributed by atoms with Gasteiger partial charge in [-0.3, -0.25) is 4.79 Å². The predicted octanol–water partition coefficient (Wildman–Crippen LogP) is 1.56. The van der Waals surface area contributed by atoms with Crippen LogP contribution in [0.3, 0.4) is 0 Å². The van der Waals surface area contributed by atoms with Crippen LogP contribution >= 0.6 is 23.1 Å². The van der Waals surface area contributed by atoms with Crippen LogP contribution in [0.2, 0.25) is 0 Å². The fourth-order valence-corrected chi connectivity index (χ4v) is 3.68. The molecule has 1 aromatic heterocycles. The van der Waals surface area contributed by atoms with E-state index in [1.807, 2.05) is 29.7 Å². The average Bonchev–Trinajstić information content (AvgIpc) is 2.78. The van der Waals surface area contributed by atoms with E-state index >= 15 is 0 Å². The molecule has 0 radical (unpaired) electrons. The molecule has 0 spiro atoms. The van der Waals surface area contributed by atoms with E-state index in [0.717, 1.165) is 39.9 Å². The van der Waals surface area contributed by atoms with Crippen molar-refractivity contribution in [2.75, 3.05) is 31.1 Å². The summed E-state index contributed by atoms with van der Waals surface area (Å²) < 4.78 is 0. The number of thiophene rings is 1. The van der Waals surface area contributed by atoms with Crippen molar-refractivity contribution in [3.63, 3.8) is 0 Å². The van der Waals surface area contributed by atoms with E-state index in [0.29, 0.717) is 6.54 Å². The smallest absolute Gasteiger partial charge is 0.264 e. The number of carbonyl (C=O) groups is 1. The van der Waals surface area contributed by atoms with E-state index in [1.165, 1.54) is 11.3 Å². The number of rotatable bonds is 1. The van der Waals surface area contributed by atoms with Gasteiger partial charge < -0.3 is 10.6 Å². The highest BCUT2D eigenvalue weighted by atomic mass is 32.2. The molecule has 0 bridgehead atoms. The number of nitrogens with zero attached hydrogens (tertiary/aromatic N) is 1. The van der Waals surface area contributed by atoms with Crippen LogP contribution in [0.15, 0.2) is 6.07 Å². The van der Waals surface area contributed by atoms with Crippen molar-refractivity contribution in [1.29, 1.82) is 0 Å². The lowest BCUT2D eigenvalue weighted by molar-refractivity contribution is 0.0777. The largest absolute Gasteiger partial charge is 0.336 e. The topological polar surface area (TPSA) is 46.3 Å². The first-order valence-electron chi connectivity index (χ1n) is 5.88. The Morgan fingerprint density at radius 1 is 1.50 bits per heavy atom. The molecule has 1 aliphatic rings. The Morgan fingerprint density at radius 2 is 2.22 bits per heavy atom. The average molecular weight is 280 g/mol. The second-order valence-electron chi connectivity index (χ2n) is 4.03. The molecule has 2 heterocycles. The molecule has 1 aromatic rings. The summed E-state index contributed by atoms with van der Waals surface area (Å²) in [6.07, 6.45) is 0. The Bertz CT molecular complexity index is 493. The fourth-order valence-electron chi connectivity index (χ4n) is 1.77. The highest BCUT2D eigenvalue weighted by Crippen LogP contribution is 2.23. The SMILES string of the molecule is Cc1cc(C(=O)N2CCSCC2)sc1C#CCN. The highest BCUT2D eigenvalue weighted by molar-refractivity contribution is 7.99. The lowest BCUT2D eigenvalue weighted by Crippen LogP contribution is -2.37. The molecule has 1 aliphatic heterocycles. The number of hydrogen-bond acceptors (Lipinski definition) is 4. The number of amides is 1. The lowest BCUT2D eigenvalue weighted by Gasteiger charge is -2.25. The summed E-state index contributed by atoms with van der Waals surface area (Å²) in [4.78, 5) is 16.0. The second kappa shape index (κ2) is 6.28. The molecule has 18 heavy (non-hydrogen) atoms. The highest BCUT2D eigenvalue weighted by Gasteiger charge is 2.20. The normalized spacial score (nSPS) is 15.1. The van der Waals surface area contributed by atoms with Crippen LogP contribution in [0.25, 0.3) is 0 Å². The van der Waals surface area contributed by atoms with Gasteiger partial charge in [0.1, 0.15) is 0 Å². The molecule has 1 amide bonds. The van der Waals surface area contributed by atoms with Crippen LogP contribution in [0.4, 0.5) is 0 Å². The fraction of sp³-hybridized carbons (Fsp3) is 0.462. The molecular formula is C13H16N2OS2. The van der Waals surface area contributed by atoms with Crippen molar-refractivity contribution in [1.82, 2.24) is 4.90 Å². The Hall–Kier alpha value is -0.960. The van der Waals surface area contributed by atoms with Gasteiger partial charge in [-0.25, -0.2) is 0 Å². The van der Waals surface area contributed by atoms with Crippen LogP contribution in [0, 0.1) is 18.8 Å². The summed E-state index contributed by atoms with van der Waals surface area (Å²) in [6.45, 7) is 4.04. The first-order valence-corrected chi connectivity index (χ1v) is 7.86. The van der Waals surface area contributed by atoms with Crippen molar-refractivity contribution in [3.8, 4) is 11.8 Å². The van der Waals surface area contributed by atoms with Gasteiger partial charge in [-0.2, -0.15) is 11.8 Å². The molecule has 1 saturated heterocycles. The van der Waals surface area contributed by atoms with Crippen LogP contribution in [0.1, 0.15) is 20.1 Å². The van der Waals surface area contributed by atoms with Gasteiger partial charge in [0.05, 0.1) is 16.3 Å². The summed E-state index contributed by atoms with van der Waals surface area (Å²) in [5.41, 5.74) is 6.43. The van der Waals surface area contributed by atoms with Gasteiger partial charge in [0, 0.05) is 24.6 Å². The number of hydrogen-bond donors (Lipinski definition) is 1. The summed E-state index contributed by atoms with van der Waals surface area (Å²) in [7, 11) is 0. The van der Waals surface area contributed by atoms with E-state index in [1.54, 1.807) is 0 Å². The lowest BCUT2D eigenvalue weighted by atomic mass is 10.2. The second-order valence-corrected chi connectivity index (χ2v) is 6.31. The molecule has 3 nitrogen and oxygen atoms in total. The maximum absolute atomic E-state index is 12.3. The van der Waals surface area contributed by atoms with Gasteiger partial charge in [0.25, 0.3) is 5.91 Å². The third-order valence-corrected chi connectivity index (χ3v) is 4.81. The standard InChI is InChI=1S/C13H16N2OS2/c1-10-9-12(18-11(10)3-2-4-14)13(16)15-5-7-17-8-6-15/h9H,4-8,14H2,1H3. The Kier molecular flexibility index (Phi) is 4.70. The maximum Gasteiger partial charge on any atom is 0.264 e. The summed E-state index contributed by atoms with van der Waals surface area (Å²) in [5.74, 6) is 8.07. The number of aryl methyl sites for hydroxylation is 1. The molecule has 0 unspecified atom stereocenters. The van der Waals surface area contributed by atoms with Gasteiger partial charge in [-0.05, 0) is 18.6 Å². The number of carbonyl (C=O) groups excluding carboxylic acids is 1. The van der Waals surface area contributed by atoms with Gasteiger partial charge in [-0.1, -0.05) is 11.8 Å². The monoisotopic (exact) mass is 280 g/mol. The van der Waals surface area contributed by atoms with E-state index in [9.17, 15) is 4.79 Å². The third-order valence-electron chi connectivity index (χ3n) is 2.73.